The maximum atomic E-state index is 6.04. The lowest BCUT2D eigenvalue weighted by Gasteiger charge is -2.07. The Labute approximate surface area is 142 Å². The number of methoxy groups -OCH3 is 1. The molecule has 1 aromatic heterocycles. The molecule has 0 saturated carbocycles. The van der Waals surface area contributed by atoms with Crippen LogP contribution in [0.2, 0.25) is 10.0 Å². The van der Waals surface area contributed by atoms with Crippen molar-refractivity contribution in [3.63, 3.8) is 0 Å². The Kier molecular flexibility index (Phi) is 4.69. The quantitative estimate of drug-likeness (QED) is 0.671. The lowest BCUT2D eigenvalue weighted by molar-refractivity contribution is 0.265. The molecule has 0 atom stereocenters. The summed E-state index contributed by atoms with van der Waals surface area (Å²) in [5.74, 6) is 1.80. The molecule has 118 valence electrons. The molecule has 0 bridgehead atoms. The van der Waals surface area contributed by atoms with Crippen LogP contribution in [0.1, 0.15) is 5.89 Å². The fourth-order valence-corrected chi connectivity index (χ4v) is 2.45. The molecule has 0 saturated heterocycles. The topological polar surface area (TPSA) is 57.4 Å². The monoisotopic (exact) mass is 350 g/mol. The summed E-state index contributed by atoms with van der Waals surface area (Å²) in [5.41, 5.74) is 0.763. The summed E-state index contributed by atoms with van der Waals surface area (Å²) < 4.78 is 16.3. The van der Waals surface area contributed by atoms with Gasteiger partial charge in [-0.05, 0) is 30.3 Å². The van der Waals surface area contributed by atoms with Crippen molar-refractivity contribution in [3.8, 4) is 23.0 Å². The maximum Gasteiger partial charge on any atom is 0.254 e. The highest BCUT2D eigenvalue weighted by Crippen LogP contribution is 2.33. The summed E-state index contributed by atoms with van der Waals surface area (Å²) in [7, 11) is 1.60. The predicted molar refractivity (Wildman–Crippen MR) is 87.1 cm³/mol. The van der Waals surface area contributed by atoms with Gasteiger partial charge in [0.15, 0.2) is 12.4 Å². The molecule has 3 aromatic rings. The van der Waals surface area contributed by atoms with Crippen molar-refractivity contribution >= 4 is 23.2 Å². The largest absolute Gasteiger partial charge is 0.497 e. The van der Waals surface area contributed by atoms with Crippen molar-refractivity contribution in [1.82, 2.24) is 10.2 Å². The van der Waals surface area contributed by atoms with Gasteiger partial charge in [0.2, 0.25) is 5.89 Å². The van der Waals surface area contributed by atoms with Crippen molar-refractivity contribution in [2.45, 2.75) is 6.61 Å². The first kappa shape index (κ1) is 15.6. The van der Waals surface area contributed by atoms with Gasteiger partial charge in [0.05, 0.1) is 17.2 Å². The van der Waals surface area contributed by atoms with Gasteiger partial charge >= 0.3 is 0 Å². The van der Waals surface area contributed by atoms with Crippen LogP contribution < -0.4 is 9.47 Å². The number of benzene rings is 2. The molecule has 5 nitrogen and oxygen atoms in total. The molecule has 0 aliphatic carbocycles. The van der Waals surface area contributed by atoms with Crippen LogP contribution in [0.4, 0.5) is 0 Å². The maximum absolute atomic E-state index is 6.04. The van der Waals surface area contributed by atoms with E-state index in [0.29, 0.717) is 33.3 Å². The van der Waals surface area contributed by atoms with Crippen LogP contribution in [-0.4, -0.2) is 17.3 Å². The van der Waals surface area contributed by atoms with E-state index in [2.05, 4.69) is 10.2 Å². The van der Waals surface area contributed by atoms with E-state index in [1.807, 2.05) is 24.3 Å². The Morgan fingerprint density at radius 1 is 1.04 bits per heavy atom. The number of para-hydroxylation sites is 1. The molecule has 3 rings (SSSR count). The second-order valence-electron chi connectivity index (χ2n) is 4.57. The molecule has 0 spiro atoms. The van der Waals surface area contributed by atoms with E-state index in [4.69, 9.17) is 37.1 Å². The fourth-order valence-electron chi connectivity index (χ4n) is 1.94. The molecule has 7 heteroatoms. The van der Waals surface area contributed by atoms with Crippen molar-refractivity contribution in [3.05, 3.63) is 58.4 Å². The highest BCUT2D eigenvalue weighted by atomic mass is 35.5. The second-order valence-corrected chi connectivity index (χ2v) is 5.39. The Balaban J connectivity index is 1.75. The average molecular weight is 351 g/mol. The number of ether oxygens (including phenoxy) is 2. The molecule has 0 aliphatic rings. The Hall–Kier alpha value is -2.24. The Bertz CT molecular complexity index is 800. The van der Waals surface area contributed by atoms with Gasteiger partial charge in [-0.3, -0.25) is 0 Å². The van der Waals surface area contributed by atoms with Gasteiger partial charge in [-0.1, -0.05) is 35.3 Å². The number of halogens is 2. The van der Waals surface area contributed by atoms with E-state index in [9.17, 15) is 0 Å². The van der Waals surface area contributed by atoms with Crippen LogP contribution in [0.3, 0.4) is 0 Å². The number of hydrogen-bond acceptors (Lipinski definition) is 5. The second kappa shape index (κ2) is 6.89. The van der Waals surface area contributed by atoms with Gasteiger partial charge < -0.3 is 13.9 Å². The molecule has 23 heavy (non-hydrogen) atoms. The van der Waals surface area contributed by atoms with Crippen LogP contribution in [0.5, 0.6) is 11.5 Å². The predicted octanol–water partition coefficient (Wildman–Crippen LogP) is 4.63. The van der Waals surface area contributed by atoms with Crippen LogP contribution in [0, 0.1) is 0 Å². The molecule has 0 amide bonds. The molecule has 0 radical (unpaired) electrons. The lowest BCUT2D eigenvalue weighted by Crippen LogP contribution is -1.96. The zero-order valence-electron chi connectivity index (χ0n) is 12.1. The Morgan fingerprint density at radius 2 is 1.78 bits per heavy atom. The smallest absolute Gasteiger partial charge is 0.254 e. The zero-order chi connectivity index (χ0) is 16.2. The minimum atomic E-state index is 0.0699. The summed E-state index contributed by atoms with van der Waals surface area (Å²) in [6.45, 7) is 0.0699. The van der Waals surface area contributed by atoms with Gasteiger partial charge in [-0.2, -0.15) is 0 Å². The van der Waals surface area contributed by atoms with Crippen molar-refractivity contribution in [2.24, 2.45) is 0 Å². The number of hydrogen-bond donors (Lipinski definition) is 0. The summed E-state index contributed by atoms with van der Waals surface area (Å²) in [6.07, 6.45) is 0. The summed E-state index contributed by atoms with van der Waals surface area (Å²) in [6, 6.07) is 12.5. The fraction of sp³-hybridized carbons (Fsp3) is 0.125. The van der Waals surface area contributed by atoms with Gasteiger partial charge in [0.25, 0.3) is 5.89 Å². The number of aromatic nitrogens is 2. The standard InChI is InChI=1S/C16H12Cl2N2O3/c1-21-11-5-2-4-10(8-11)16-20-19-14(23-16)9-22-15-12(17)6-3-7-13(15)18/h2-8H,9H2,1H3. The highest BCUT2D eigenvalue weighted by Gasteiger charge is 2.12. The van der Waals surface area contributed by atoms with Gasteiger partial charge in [-0.25, -0.2) is 0 Å². The number of nitrogens with zero attached hydrogens (tertiary/aromatic N) is 2. The molecule has 0 unspecified atom stereocenters. The van der Waals surface area contributed by atoms with Crippen LogP contribution in [-0.2, 0) is 6.61 Å². The first-order valence-electron chi connectivity index (χ1n) is 6.71. The molecule has 2 aromatic carbocycles. The van der Waals surface area contributed by atoms with E-state index in [1.54, 1.807) is 25.3 Å². The van der Waals surface area contributed by atoms with E-state index < -0.39 is 0 Å². The van der Waals surface area contributed by atoms with Crippen molar-refractivity contribution < 1.29 is 13.9 Å². The summed E-state index contributed by atoms with van der Waals surface area (Å²) in [5, 5.41) is 8.80. The molecule has 0 aliphatic heterocycles. The van der Waals surface area contributed by atoms with Gasteiger partial charge in [-0.15, -0.1) is 10.2 Å². The first-order chi connectivity index (χ1) is 11.2. The molecular weight excluding hydrogens is 339 g/mol. The third-order valence-electron chi connectivity index (χ3n) is 3.04. The molecule has 0 fully saturated rings. The van der Waals surface area contributed by atoms with E-state index in [1.165, 1.54) is 0 Å². The van der Waals surface area contributed by atoms with E-state index >= 15 is 0 Å². The highest BCUT2D eigenvalue weighted by molar-refractivity contribution is 6.37. The van der Waals surface area contributed by atoms with Crippen LogP contribution >= 0.6 is 23.2 Å². The van der Waals surface area contributed by atoms with Crippen LogP contribution in [0.25, 0.3) is 11.5 Å². The summed E-state index contributed by atoms with van der Waals surface area (Å²) in [4.78, 5) is 0. The third-order valence-corrected chi connectivity index (χ3v) is 3.64. The van der Waals surface area contributed by atoms with Crippen molar-refractivity contribution in [1.29, 1.82) is 0 Å². The SMILES string of the molecule is COc1cccc(-c2nnc(COc3c(Cl)cccc3Cl)o2)c1. The van der Waals surface area contributed by atoms with Gasteiger partial charge in [0.1, 0.15) is 5.75 Å². The van der Waals surface area contributed by atoms with E-state index in [0.717, 1.165) is 5.56 Å². The molecular formula is C16H12Cl2N2O3. The normalized spacial score (nSPS) is 10.6. The minimum absolute atomic E-state index is 0.0699. The Morgan fingerprint density at radius 3 is 2.52 bits per heavy atom. The minimum Gasteiger partial charge on any atom is -0.497 e. The van der Waals surface area contributed by atoms with Crippen molar-refractivity contribution in [2.75, 3.05) is 7.11 Å². The molecule has 1 heterocycles. The zero-order valence-corrected chi connectivity index (χ0v) is 13.6. The third kappa shape index (κ3) is 3.57. The average Bonchev–Trinajstić information content (AvgIpc) is 3.03. The molecule has 0 N–H and O–H groups in total. The van der Waals surface area contributed by atoms with Gasteiger partial charge in [0, 0.05) is 5.56 Å². The summed E-state index contributed by atoms with van der Waals surface area (Å²) >= 11 is 12.1. The van der Waals surface area contributed by atoms with Crippen LogP contribution in [0.15, 0.2) is 46.9 Å². The lowest BCUT2D eigenvalue weighted by atomic mass is 10.2. The number of rotatable bonds is 5. The van der Waals surface area contributed by atoms with E-state index in [-0.39, 0.29) is 6.61 Å². The first-order valence-corrected chi connectivity index (χ1v) is 7.46.